The van der Waals surface area contributed by atoms with Crippen LogP contribution in [0.15, 0.2) is 36.8 Å². The molecule has 0 unspecified atom stereocenters. The number of nitrogens with one attached hydrogen (secondary N) is 2. The molecule has 0 spiro atoms. The van der Waals surface area contributed by atoms with E-state index in [9.17, 15) is 0 Å². The molecule has 2 rings (SSSR count). The van der Waals surface area contributed by atoms with Crippen molar-refractivity contribution in [3.8, 4) is 0 Å². The number of imidazole rings is 1. The highest BCUT2D eigenvalue weighted by Gasteiger charge is 1.93. The monoisotopic (exact) mass is 187 g/mol. The summed E-state index contributed by atoms with van der Waals surface area (Å²) in [5.74, 6) is 0. The topological polar surface area (TPSA) is 40.7 Å². The first-order chi connectivity index (χ1) is 6.84. The van der Waals surface area contributed by atoms with E-state index >= 15 is 0 Å². The average Bonchev–Trinajstić information content (AvgIpc) is 2.70. The molecule has 72 valence electrons. The van der Waals surface area contributed by atoms with Crippen molar-refractivity contribution >= 4 is 5.69 Å². The standard InChI is InChI=1S/C11H13N3/c1-9-2-4-10(5-3-9)13-7-11-6-12-8-14-11/h2-6,8,13H,7H2,1H3,(H,12,14). The molecule has 0 amide bonds. The Kier molecular flexibility index (Phi) is 2.49. The van der Waals surface area contributed by atoms with Crippen LogP contribution < -0.4 is 5.32 Å². The molecule has 0 bridgehead atoms. The molecule has 0 saturated heterocycles. The van der Waals surface area contributed by atoms with Crippen LogP contribution in [0, 0.1) is 6.92 Å². The van der Waals surface area contributed by atoms with Gasteiger partial charge in [-0.15, -0.1) is 0 Å². The SMILES string of the molecule is Cc1ccc(NCc2cnc[nH]2)cc1. The van der Waals surface area contributed by atoms with E-state index in [1.165, 1.54) is 5.56 Å². The molecule has 1 aromatic heterocycles. The highest BCUT2D eigenvalue weighted by molar-refractivity contribution is 5.44. The summed E-state index contributed by atoms with van der Waals surface area (Å²) in [5, 5.41) is 3.30. The number of H-pyrrole nitrogens is 1. The minimum atomic E-state index is 0.781. The number of benzene rings is 1. The van der Waals surface area contributed by atoms with E-state index in [2.05, 4.69) is 46.5 Å². The zero-order chi connectivity index (χ0) is 9.80. The summed E-state index contributed by atoms with van der Waals surface area (Å²) in [4.78, 5) is 7.00. The van der Waals surface area contributed by atoms with Gasteiger partial charge in [0, 0.05) is 11.9 Å². The Bertz CT molecular complexity index is 375. The lowest BCUT2D eigenvalue weighted by molar-refractivity contribution is 1.07. The number of aromatic amines is 1. The molecule has 14 heavy (non-hydrogen) atoms. The van der Waals surface area contributed by atoms with E-state index in [1.54, 1.807) is 6.33 Å². The number of nitrogens with zero attached hydrogens (tertiary/aromatic N) is 1. The third kappa shape index (κ3) is 2.13. The Labute approximate surface area is 83.2 Å². The summed E-state index contributed by atoms with van der Waals surface area (Å²) in [6, 6.07) is 8.34. The van der Waals surface area contributed by atoms with Crippen LogP contribution in [-0.4, -0.2) is 9.97 Å². The average molecular weight is 187 g/mol. The minimum Gasteiger partial charge on any atom is -0.379 e. The molecule has 2 aromatic rings. The van der Waals surface area contributed by atoms with Crippen molar-refractivity contribution in [3.63, 3.8) is 0 Å². The van der Waals surface area contributed by atoms with Gasteiger partial charge in [0.15, 0.2) is 0 Å². The summed E-state index contributed by atoms with van der Waals surface area (Å²) in [6.07, 6.45) is 3.51. The number of hydrogen-bond acceptors (Lipinski definition) is 2. The maximum Gasteiger partial charge on any atom is 0.0922 e. The van der Waals surface area contributed by atoms with E-state index < -0.39 is 0 Å². The summed E-state index contributed by atoms with van der Waals surface area (Å²) >= 11 is 0. The van der Waals surface area contributed by atoms with Crippen molar-refractivity contribution in [3.05, 3.63) is 48.0 Å². The number of aromatic nitrogens is 2. The van der Waals surface area contributed by atoms with Crippen LogP contribution in [-0.2, 0) is 6.54 Å². The van der Waals surface area contributed by atoms with Gasteiger partial charge in [-0.1, -0.05) is 17.7 Å². The van der Waals surface area contributed by atoms with E-state index in [4.69, 9.17) is 0 Å². The third-order valence-electron chi connectivity index (χ3n) is 2.09. The molecule has 0 aliphatic rings. The highest BCUT2D eigenvalue weighted by atomic mass is 14.9. The molecule has 0 saturated carbocycles. The van der Waals surface area contributed by atoms with Crippen molar-refractivity contribution in [1.29, 1.82) is 0 Å². The molecule has 0 aliphatic heterocycles. The predicted octanol–water partition coefficient (Wildman–Crippen LogP) is 2.33. The van der Waals surface area contributed by atoms with Crippen molar-refractivity contribution in [2.24, 2.45) is 0 Å². The highest BCUT2D eigenvalue weighted by Crippen LogP contribution is 2.09. The Morgan fingerprint density at radius 2 is 2.07 bits per heavy atom. The van der Waals surface area contributed by atoms with E-state index in [0.29, 0.717) is 0 Å². The van der Waals surface area contributed by atoms with Gasteiger partial charge in [-0.2, -0.15) is 0 Å². The van der Waals surface area contributed by atoms with Crippen LogP contribution in [0.2, 0.25) is 0 Å². The number of aryl methyl sites for hydroxylation is 1. The van der Waals surface area contributed by atoms with Crippen LogP contribution in [0.5, 0.6) is 0 Å². The van der Waals surface area contributed by atoms with Gasteiger partial charge in [0.2, 0.25) is 0 Å². The van der Waals surface area contributed by atoms with Crippen molar-refractivity contribution < 1.29 is 0 Å². The van der Waals surface area contributed by atoms with Gasteiger partial charge in [-0.25, -0.2) is 4.98 Å². The van der Waals surface area contributed by atoms with Crippen LogP contribution in [0.4, 0.5) is 5.69 Å². The lowest BCUT2D eigenvalue weighted by Crippen LogP contribution is -1.99. The fourth-order valence-corrected chi connectivity index (χ4v) is 1.25. The fourth-order valence-electron chi connectivity index (χ4n) is 1.25. The largest absolute Gasteiger partial charge is 0.379 e. The molecule has 3 heteroatoms. The lowest BCUT2D eigenvalue weighted by Gasteiger charge is -2.04. The molecular weight excluding hydrogens is 174 g/mol. The summed E-state index contributed by atoms with van der Waals surface area (Å²) < 4.78 is 0. The summed E-state index contributed by atoms with van der Waals surface area (Å²) in [6.45, 7) is 2.86. The first kappa shape index (κ1) is 8.81. The van der Waals surface area contributed by atoms with E-state index in [1.807, 2.05) is 6.20 Å². The third-order valence-corrected chi connectivity index (χ3v) is 2.09. The second-order valence-corrected chi connectivity index (χ2v) is 3.30. The van der Waals surface area contributed by atoms with Crippen LogP contribution in [0.25, 0.3) is 0 Å². The second kappa shape index (κ2) is 3.96. The maximum absolute atomic E-state index is 3.95. The van der Waals surface area contributed by atoms with Crippen molar-refractivity contribution in [1.82, 2.24) is 9.97 Å². The first-order valence-electron chi connectivity index (χ1n) is 4.62. The first-order valence-corrected chi connectivity index (χ1v) is 4.62. The molecule has 1 aromatic carbocycles. The van der Waals surface area contributed by atoms with Gasteiger partial charge in [-0.05, 0) is 19.1 Å². The molecule has 3 nitrogen and oxygen atoms in total. The Balaban J connectivity index is 1.95. The lowest BCUT2D eigenvalue weighted by atomic mass is 10.2. The van der Waals surface area contributed by atoms with E-state index in [-0.39, 0.29) is 0 Å². The molecule has 0 atom stereocenters. The van der Waals surface area contributed by atoms with E-state index in [0.717, 1.165) is 17.9 Å². The van der Waals surface area contributed by atoms with Gasteiger partial charge < -0.3 is 10.3 Å². The van der Waals surface area contributed by atoms with Crippen LogP contribution >= 0.6 is 0 Å². The van der Waals surface area contributed by atoms with Crippen molar-refractivity contribution in [2.75, 3.05) is 5.32 Å². The molecular formula is C11H13N3. The quantitative estimate of drug-likeness (QED) is 0.774. The predicted molar refractivity (Wildman–Crippen MR) is 57.1 cm³/mol. The van der Waals surface area contributed by atoms with Crippen LogP contribution in [0.1, 0.15) is 11.3 Å². The Hall–Kier alpha value is -1.77. The van der Waals surface area contributed by atoms with Gasteiger partial charge in [0.1, 0.15) is 0 Å². The molecule has 1 heterocycles. The molecule has 2 N–H and O–H groups in total. The fraction of sp³-hybridized carbons (Fsp3) is 0.182. The number of anilines is 1. The molecule has 0 radical (unpaired) electrons. The second-order valence-electron chi connectivity index (χ2n) is 3.30. The zero-order valence-electron chi connectivity index (χ0n) is 8.12. The zero-order valence-corrected chi connectivity index (χ0v) is 8.12. The maximum atomic E-state index is 3.95. The van der Waals surface area contributed by atoms with Gasteiger partial charge in [0.25, 0.3) is 0 Å². The molecule has 0 aliphatic carbocycles. The Morgan fingerprint density at radius 1 is 1.29 bits per heavy atom. The minimum absolute atomic E-state index is 0.781. The van der Waals surface area contributed by atoms with Gasteiger partial charge >= 0.3 is 0 Å². The van der Waals surface area contributed by atoms with Gasteiger partial charge in [0.05, 0.1) is 18.6 Å². The van der Waals surface area contributed by atoms with Gasteiger partial charge in [-0.3, -0.25) is 0 Å². The summed E-state index contributed by atoms with van der Waals surface area (Å²) in [7, 11) is 0. The number of rotatable bonds is 3. The number of hydrogen-bond donors (Lipinski definition) is 2. The normalized spacial score (nSPS) is 10.1. The Morgan fingerprint density at radius 3 is 2.71 bits per heavy atom. The smallest absolute Gasteiger partial charge is 0.0922 e. The van der Waals surface area contributed by atoms with Crippen LogP contribution in [0.3, 0.4) is 0 Å². The molecule has 0 fully saturated rings. The van der Waals surface area contributed by atoms with Crippen molar-refractivity contribution in [2.45, 2.75) is 13.5 Å². The summed E-state index contributed by atoms with van der Waals surface area (Å²) in [5.41, 5.74) is 3.49.